The van der Waals surface area contributed by atoms with E-state index in [4.69, 9.17) is 9.26 Å². The molecule has 1 unspecified atom stereocenters. The summed E-state index contributed by atoms with van der Waals surface area (Å²) in [7, 11) is -4.34. The Hall–Kier alpha value is -1.78. The first-order valence-corrected chi connectivity index (χ1v) is 13.8. The van der Waals surface area contributed by atoms with Crippen LogP contribution in [0.2, 0.25) is 0 Å². The van der Waals surface area contributed by atoms with Crippen LogP contribution >= 0.6 is 39.5 Å². The number of rotatable bonds is 12. The second kappa shape index (κ2) is 12.8. The van der Waals surface area contributed by atoms with E-state index in [1.54, 1.807) is 0 Å². The van der Waals surface area contributed by atoms with Crippen LogP contribution in [-0.4, -0.2) is 34.8 Å². The number of benzene rings is 2. The van der Waals surface area contributed by atoms with Crippen LogP contribution in [-0.2, 0) is 15.3 Å². The fourth-order valence-corrected chi connectivity index (χ4v) is 5.43. The van der Waals surface area contributed by atoms with Crippen LogP contribution in [0.3, 0.4) is 0 Å². The molecule has 0 fully saturated rings. The minimum atomic E-state index is -5.19. The summed E-state index contributed by atoms with van der Waals surface area (Å²) in [4.78, 5) is 10.3. The Kier molecular flexibility index (Phi) is 10.9. The van der Waals surface area contributed by atoms with Gasteiger partial charge in [0.15, 0.2) is 6.10 Å². The lowest BCUT2D eigenvalue weighted by molar-refractivity contribution is -0.385. The molecule has 37 heavy (non-hydrogen) atoms. The lowest BCUT2D eigenvalue weighted by Crippen LogP contribution is -2.32. The van der Waals surface area contributed by atoms with E-state index in [1.807, 2.05) is 0 Å². The van der Waals surface area contributed by atoms with E-state index < -0.39 is 65.2 Å². The minimum absolute atomic E-state index is 0.0577. The van der Waals surface area contributed by atoms with E-state index in [0.717, 1.165) is 0 Å². The van der Waals surface area contributed by atoms with Gasteiger partial charge in [-0.05, 0) is 35.9 Å². The topological polar surface area (TPSA) is 103 Å². The Labute approximate surface area is 221 Å². The first-order valence-electron chi connectivity index (χ1n) is 9.91. The quantitative estimate of drug-likeness (QED) is 0.0796. The van der Waals surface area contributed by atoms with Gasteiger partial charge < -0.3 is 4.74 Å². The Bertz CT molecular complexity index is 1140. The van der Waals surface area contributed by atoms with Gasteiger partial charge in [0, 0.05) is 29.8 Å². The average molecular weight is 691 g/mol. The molecule has 0 saturated carbocycles. The second-order valence-electron chi connectivity index (χ2n) is 7.00. The van der Waals surface area contributed by atoms with Gasteiger partial charge in [-0.2, -0.15) is 26.3 Å². The Morgan fingerprint density at radius 2 is 1.59 bits per heavy atom. The van der Waals surface area contributed by atoms with Gasteiger partial charge in [0.2, 0.25) is 5.75 Å². The molecule has 2 N–H and O–H groups in total. The van der Waals surface area contributed by atoms with E-state index in [0.29, 0.717) is 30.3 Å². The van der Waals surface area contributed by atoms with E-state index >= 15 is 0 Å². The smallest absolute Gasteiger partial charge is 0.419 e. The maximum absolute atomic E-state index is 14.0. The molecular formula is C19H17Br2F7N3O5P. The molecule has 0 aliphatic rings. The van der Waals surface area contributed by atoms with Crippen molar-refractivity contribution >= 4 is 45.2 Å². The highest BCUT2D eigenvalue weighted by molar-refractivity contribution is 9.09. The van der Waals surface area contributed by atoms with Crippen molar-refractivity contribution in [3.8, 4) is 11.5 Å². The van der Waals surface area contributed by atoms with Gasteiger partial charge in [-0.25, -0.2) is 14.6 Å². The summed E-state index contributed by atoms with van der Waals surface area (Å²) in [6, 6.07) is 3.11. The molecule has 8 nitrogen and oxygen atoms in total. The second-order valence-corrected chi connectivity index (χ2v) is 10.5. The molecule has 0 bridgehead atoms. The number of halogens is 9. The molecule has 0 amide bonds. The number of alkyl halides is 8. The van der Waals surface area contributed by atoms with Crippen molar-refractivity contribution in [2.75, 3.05) is 23.7 Å². The van der Waals surface area contributed by atoms with E-state index in [2.05, 4.69) is 42.0 Å². The van der Waals surface area contributed by atoms with Crippen LogP contribution in [0.1, 0.15) is 17.2 Å². The lowest BCUT2D eigenvalue weighted by Gasteiger charge is -2.27. The highest BCUT2D eigenvalue weighted by Crippen LogP contribution is 2.50. The highest BCUT2D eigenvalue weighted by Gasteiger charge is 2.46. The predicted octanol–water partition coefficient (Wildman–Crippen LogP) is 7.24. The van der Waals surface area contributed by atoms with Crippen molar-refractivity contribution in [3.05, 3.63) is 63.5 Å². The summed E-state index contributed by atoms with van der Waals surface area (Å²) in [5.41, 5.74) is -3.45. The van der Waals surface area contributed by atoms with Crippen molar-refractivity contribution in [2.45, 2.75) is 18.5 Å². The van der Waals surface area contributed by atoms with Gasteiger partial charge in [0.1, 0.15) is 11.6 Å². The molecule has 0 heterocycles. The zero-order valence-electron chi connectivity index (χ0n) is 18.2. The molecule has 0 saturated heterocycles. The zero-order valence-corrected chi connectivity index (χ0v) is 22.3. The first kappa shape index (κ1) is 31.4. The van der Waals surface area contributed by atoms with Crippen LogP contribution < -0.4 is 14.9 Å². The zero-order chi connectivity index (χ0) is 28.0. The summed E-state index contributed by atoms with van der Waals surface area (Å²) in [5.74, 6) is -3.28. The van der Waals surface area contributed by atoms with Gasteiger partial charge in [0.05, 0.1) is 10.5 Å². The SMILES string of the molecule is O=[N+]([O-])c1ccc(C(OP(=O)(NCCBr)NCCBr)C(F)(F)F)cc1Oc1ccc(F)c(C(F)(F)F)c1. The Morgan fingerprint density at radius 3 is 2.08 bits per heavy atom. The number of nitro benzene ring substituents is 1. The van der Waals surface area contributed by atoms with Gasteiger partial charge in [-0.3, -0.25) is 19.2 Å². The average Bonchev–Trinajstić information content (AvgIpc) is 2.79. The van der Waals surface area contributed by atoms with Crippen LogP contribution in [0.4, 0.5) is 36.4 Å². The summed E-state index contributed by atoms with van der Waals surface area (Å²) in [6.45, 7) is -0.115. The summed E-state index contributed by atoms with van der Waals surface area (Å²) >= 11 is 6.06. The van der Waals surface area contributed by atoms with Crippen LogP contribution in [0, 0.1) is 15.9 Å². The van der Waals surface area contributed by atoms with Crippen LogP contribution in [0.25, 0.3) is 0 Å². The molecular weight excluding hydrogens is 674 g/mol. The van der Waals surface area contributed by atoms with Gasteiger partial charge in [-0.15, -0.1) is 0 Å². The number of nitro groups is 1. The summed E-state index contributed by atoms with van der Waals surface area (Å²) in [6.07, 6.45) is -13.2. The summed E-state index contributed by atoms with van der Waals surface area (Å²) in [5, 5.41) is 16.5. The van der Waals surface area contributed by atoms with Crippen molar-refractivity contribution < 1.29 is 49.5 Å². The van der Waals surface area contributed by atoms with Gasteiger partial charge in [-0.1, -0.05) is 31.9 Å². The van der Waals surface area contributed by atoms with Crippen molar-refractivity contribution in [3.63, 3.8) is 0 Å². The standard InChI is InChI=1S/C19H17Br2F7N3O5P/c20-5-7-29-37(34,30-8-6-21)36-17(19(26,27)28)11-1-4-15(31(32)33)16(9-11)35-12-2-3-14(22)13(10-12)18(23,24)25/h1-4,9-10,17H,5-8H2,(H2,29,30,34). The third-order valence-electron chi connectivity index (χ3n) is 4.33. The molecule has 0 aliphatic heterocycles. The van der Waals surface area contributed by atoms with Crippen molar-refractivity contribution in [2.24, 2.45) is 0 Å². The maximum atomic E-state index is 14.0. The molecule has 2 aromatic rings. The summed E-state index contributed by atoms with van der Waals surface area (Å²) < 4.78 is 118. The molecule has 2 aromatic carbocycles. The molecule has 18 heteroatoms. The number of hydrogen-bond acceptors (Lipinski definition) is 5. The van der Waals surface area contributed by atoms with E-state index in [9.17, 15) is 45.4 Å². The van der Waals surface area contributed by atoms with Gasteiger partial charge >= 0.3 is 25.7 Å². The van der Waals surface area contributed by atoms with Crippen LogP contribution in [0.15, 0.2) is 36.4 Å². The fraction of sp³-hybridized carbons (Fsp3) is 0.368. The third kappa shape index (κ3) is 8.89. The molecule has 206 valence electrons. The first-order chi connectivity index (χ1) is 17.1. The largest absolute Gasteiger partial charge is 0.450 e. The minimum Gasteiger partial charge on any atom is -0.450 e. The fourth-order valence-electron chi connectivity index (χ4n) is 2.81. The van der Waals surface area contributed by atoms with E-state index in [1.165, 1.54) is 0 Å². The molecule has 0 aromatic heterocycles. The number of nitrogens with zero attached hydrogens (tertiary/aromatic N) is 1. The van der Waals surface area contributed by atoms with Gasteiger partial charge in [0.25, 0.3) is 0 Å². The van der Waals surface area contributed by atoms with Crippen molar-refractivity contribution in [1.29, 1.82) is 0 Å². The molecule has 1 atom stereocenters. The monoisotopic (exact) mass is 689 g/mol. The molecule has 0 radical (unpaired) electrons. The Morgan fingerprint density at radius 1 is 1.00 bits per heavy atom. The number of nitrogens with one attached hydrogen (secondary N) is 2. The van der Waals surface area contributed by atoms with Crippen LogP contribution in [0.5, 0.6) is 11.5 Å². The number of ether oxygens (including phenoxy) is 1. The normalized spacial score (nSPS) is 13.4. The molecule has 2 rings (SSSR count). The highest BCUT2D eigenvalue weighted by atomic mass is 79.9. The maximum Gasteiger partial charge on any atom is 0.419 e. The predicted molar refractivity (Wildman–Crippen MR) is 126 cm³/mol. The number of hydrogen-bond donors (Lipinski definition) is 2. The Balaban J connectivity index is 2.55. The van der Waals surface area contributed by atoms with E-state index in [-0.39, 0.29) is 29.8 Å². The molecule has 0 aliphatic carbocycles. The van der Waals surface area contributed by atoms with Crippen molar-refractivity contribution in [1.82, 2.24) is 10.2 Å². The lowest BCUT2D eigenvalue weighted by atomic mass is 10.1. The third-order valence-corrected chi connectivity index (χ3v) is 6.91. The molecule has 0 spiro atoms.